The molecule has 1 saturated carbocycles. The lowest BCUT2D eigenvalue weighted by atomic mass is 9.79. The molecule has 0 radical (unpaired) electrons. The van der Waals surface area contributed by atoms with Crippen molar-refractivity contribution in [1.29, 1.82) is 0 Å². The molecule has 1 fully saturated rings. The molecule has 1 nitrogen and oxygen atoms in total. The normalized spacial score (nSPS) is 16.8. The van der Waals surface area contributed by atoms with Gasteiger partial charge in [-0.25, -0.2) is 4.39 Å². The van der Waals surface area contributed by atoms with Crippen LogP contribution in [-0.4, -0.2) is 0 Å². The van der Waals surface area contributed by atoms with E-state index < -0.39 is 0 Å². The Hall–Kier alpha value is -1.19. The van der Waals surface area contributed by atoms with E-state index in [-0.39, 0.29) is 11.9 Å². The van der Waals surface area contributed by atoms with Gasteiger partial charge in [0, 0.05) is 0 Å². The van der Waals surface area contributed by atoms with Gasteiger partial charge in [-0.05, 0) is 57.4 Å². The van der Waals surface area contributed by atoms with Crippen LogP contribution >= 0.6 is 15.9 Å². The molecule has 0 saturated heterocycles. The van der Waals surface area contributed by atoms with Gasteiger partial charge in [-0.3, -0.25) is 0 Å². The molecule has 0 aromatic heterocycles. The van der Waals surface area contributed by atoms with Gasteiger partial charge in [-0.15, -0.1) is 0 Å². The van der Waals surface area contributed by atoms with Crippen molar-refractivity contribution < 1.29 is 4.39 Å². The fraction of sp³-hybridized carbons (Fsp3) is 0.294. The number of rotatable bonds is 3. The first-order chi connectivity index (χ1) is 9.66. The Morgan fingerprint density at radius 3 is 2.60 bits per heavy atom. The molecule has 0 spiro atoms. The molecular weight excluding hydrogens is 317 g/mol. The summed E-state index contributed by atoms with van der Waals surface area (Å²) < 4.78 is 14.1. The van der Waals surface area contributed by atoms with Crippen LogP contribution in [0.15, 0.2) is 46.9 Å². The zero-order valence-electron chi connectivity index (χ0n) is 11.2. The molecular formula is C17H17BrFN. The average Bonchev–Trinajstić information content (AvgIpc) is 2.40. The molecule has 0 heterocycles. The van der Waals surface area contributed by atoms with Crippen molar-refractivity contribution in [3.05, 3.63) is 69.4 Å². The van der Waals surface area contributed by atoms with Crippen molar-refractivity contribution in [3.8, 4) is 0 Å². The Morgan fingerprint density at radius 2 is 1.90 bits per heavy atom. The molecule has 2 aromatic carbocycles. The highest BCUT2D eigenvalue weighted by Crippen LogP contribution is 2.37. The Balaban J connectivity index is 1.93. The minimum Gasteiger partial charge on any atom is -0.320 e. The average molecular weight is 334 g/mol. The van der Waals surface area contributed by atoms with E-state index in [2.05, 4.69) is 34.1 Å². The lowest BCUT2D eigenvalue weighted by Gasteiger charge is -2.26. The molecule has 2 N–H and O–H groups in total. The predicted molar refractivity (Wildman–Crippen MR) is 83.2 cm³/mol. The highest BCUT2D eigenvalue weighted by Gasteiger charge is 2.21. The van der Waals surface area contributed by atoms with Gasteiger partial charge >= 0.3 is 0 Å². The Kier molecular flexibility index (Phi) is 3.90. The molecule has 3 rings (SSSR count). The Morgan fingerprint density at radius 1 is 1.15 bits per heavy atom. The van der Waals surface area contributed by atoms with Crippen LogP contribution in [0.4, 0.5) is 4.39 Å². The van der Waals surface area contributed by atoms with Crippen LogP contribution in [0.5, 0.6) is 0 Å². The zero-order valence-corrected chi connectivity index (χ0v) is 12.7. The summed E-state index contributed by atoms with van der Waals surface area (Å²) in [5.74, 6) is 0.409. The van der Waals surface area contributed by atoms with E-state index in [9.17, 15) is 4.39 Å². The highest BCUT2D eigenvalue weighted by atomic mass is 79.9. The maximum atomic E-state index is 13.6. The van der Waals surface area contributed by atoms with Gasteiger partial charge in [0.15, 0.2) is 0 Å². The van der Waals surface area contributed by atoms with E-state index in [1.807, 2.05) is 12.1 Å². The second kappa shape index (κ2) is 5.66. The first-order valence-electron chi connectivity index (χ1n) is 6.96. The second-order valence-corrected chi connectivity index (χ2v) is 6.21. The largest absolute Gasteiger partial charge is 0.320 e. The van der Waals surface area contributed by atoms with Crippen molar-refractivity contribution in [2.45, 2.75) is 31.2 Å². The quantitative estimate of drug-likeness (QED) is 0.848. The molecule has 1 unspecified atom stereocenters. The van der Waals surface area contributed by atoms with E-state index in [1.165, 1.54) is 30.9 Å². The SMILES string of the molecule is NC(c1cccc(C2CCC2)c1)c1cccc(F)c1Br. The van der Waals surface area contributed by atoms with Gasteiger partial charge in [0.1, 0.15) is 5.82 Å². The lowest BCUT2D eigenvalue weighted by molar-refractivity contribution is 0.419. The minimum atomic E-state index is -0.305. The first kappa shape index (κ1) is 13.8. The van der Waals surface area contributed by atoms with Gasteiger partial charge in [-0.2, -0.15) is 0 Å². The molecule has 3 heteroatoms. The third-order valence-electron chi connectivity index (χ3n) is 4.16. The van der Waals surface area contributed by atoms with Crippen molar-refractivity contribution in [1.82, 2.24) is 0 Å². The highest BCUT2D eigenvalue weighted by molar-refractivity contribution is 9.10. The smallest absolute Gasteiger partial charge is 0.137 e. The monoisotopic (exact) mass is 333 g/mol. The minimum absolute atomic E-state index is 0.270. The summed E-state index contributed by atoms with van der Waals surface area (Å²) in [5.41, 5.74) is 9.51. The lowest BCUT2D eigenvalue weighted by Crippen LogP contribution is -2.15. The fourth-order valence-electron chi connectivity index (χ4n) is 2.69. The van der Waals surface area contributed by atoms with Crippen LogP contribution in [0.25, 0.3) is 0 Å². The maximum Gasteiger partial charge on any atom is 0.137 e. The van der Waals surface area contributed by atoms with E-state index >= 15 is 0 Å². The summed E-state index contributed by atoms with van der Waals surface area (Å²) in [4.78, 5) is 0. The Labute approximate surface area is 127 Å². The third-order valence-corrected chi connectivity index (χ3v) is 5.00. The summed E-state index contributed by atoms with van der Waals surface area (Å²) in [6, 6.07) is 13.1. The van der Waals surface area contributed by atoms with Gasteiger partial charge in [0.05, 0.1) is 10.5 Å². The van der Waals surface area contributed by atoms with Crippen LogP contribution < -0.4 is 5.73 Å². The van der Waals surface area contributed by atoms with Gasteiger partial charge in [-0.1, -0.05) is 42.8 Å². The predicted octanol–water partition coefficient (Wildman–Crippen LogP) is 4.90. The molecule has 1 atom stereocenters. The number of hydrogen-bond donors (Lipinski definition) is 1. The van der Waals surface area contributed by atoms with Crippen molar-refractivity contribution in [2.24, 2.45) is 5.73 Å². The molecule has 0 amide bonds. The molecule has 0 bridgehead atoms. The summed E-state index contributed by atoms with van der Waals surface area (Å²) in [7, 11) is 0. The van der Waals surface area contributed by atoms with Crippen molar-refractivity contribution in [2.75, 3.05) is 0 Å². The molecule has 1 aliphatic rings. The van der Waals surface area contributed by atoms with Gasteiger partial charge in [0.25, 0.3) is 0 Å². The van der Waals surface area contributed by atoms with Gasteiger partial charge in [0.2, 0.25) is 0 Å². The number of nitrogens with two attached hydrogens (primary N) is 1. The molecule has 20 heavy (non-hydrogen) atoms. The topological polar surface area (TPSA) is 26.0 Å². The summed E-state index contributed by atoms with van der Waals surface area (Å²) in [5, 5.41) is 0. The zero-order chi connectivity index (χ0) is 14.1. The van der Waals surface area contributed by atoms with Crippen LogP contribution in [0.3, 0.4) is 0 Å². The van der Waals surface area contributed by atoms with E-state index in [0.29, 0.717) is 10.4 Å². The van der Waals surface area contributed by atoms with Crippen LogP contribution in [0, 0.1) is 5.82 Å². The van der Waals surface area contributed by atoms with Crippen LogP contribution in [-0.2, 0) is 0 Å². The van der Waals surface area contributed by atoms with Crippen molar-refractivity contribution >= 4 is 15.9 Å². The van der Waals surface area contributed by atoms with Crippen LogP contribution in [0.1, 0.15) is 47.9 Å². The number of halogens is 2. The summed E-state index contributed by atoms with van der Waals surface area (Å²) in [6.45, 7) is 0. The molecule has 2 aromatic rings. The van der Waals surface area contributed by atoms with Gasteiger partial charge < -0.3 is 5.73 Å². The summed E-state index contributed by atoms with van der Waals surface area (Å²) in [6.07, 6.45) is 3.85. The Bertz CT molecular complexity index is 622. The van der Waals surface area contributed by atoms with E-state index in [4.69, 9.17) is 5.73 Å². The van der Waals surface area contributed by atoms with E-state index in [0.717, 1.165) is 11.1 Å². The molecule has 104 valence electrons. The standard InChI is InChI=1S/C17H17BrFN/c18-16-14(8-3-9-15(16)19)17(20)13-7-2-6-12(10-13)11-4-1-5-11/h2-3,6-11,17H,1,4-5,20H2. The number of benzene rings is 2. The molecule has 0 aliphatic heterocycles. The summed E-state index contributed by atoms with van der Waals surface area (Å²) >= 11 is 3.30. The van der Waals surface area contributed by atoms with E-state index in [1.54, 1.807) is 6.07 Å². The maximum absolute atomic E-state index is 13.6. The number of hydrogen-bond acceptors (Lipinski definition) is 1. The fourth-order valence-corrected chi connectivity index (χ4v) is 3.20. The third kappa shape index (κ3) is 2.52. The second-order valence-electron chi connectivity index (χ2n) is 5.42. The van der Waals surface area contributed by atoms with Crippen molar-refractivity contribution in [3.63, 3.8) is 0 Å². The van der Waals surface area contributed by atoms with Crippen LogP contribution in [0.2, 0.25) is 0 Å². The first-order valence-corrected chi connectivity index (χ1v) is 7.75. The molecule has 1 aliphatic carbocycles.